The number of hydrogen-bond acceptors (Lipinski definition) is 1. The summed E-state index contributed by atoms with van der Waals surface area (Å²) < 4.78 is 10.4. The van der Waals surface area contributed by atoms with Crippen molar-refractivity contribution in [2.45, 2.75) is 26.9 Å². The van der Waals surface area contributed by atoms with Gasteiger partial charge in [-0.05, 0) is 6.92 Å². The van der Waals surface area contributed by atoms with Gasteiger partial charge in [-0.25, -0.2) is 0 Å². The molecule has 1 aliphatic rings. The van der Waals surface area contributed by atoms with Gasteiger partial charge in [0.25, 0.3) is 0 Å². The molecule has 2 unspecified atom stereocenters. The molecule has 2 nitrogen and oxygen atoms in total. The fraction of sp³-hybridized carbons (Fsp3) is 0.857. The predicted molar refractivity (Wildman–Crippen MR) is 35.3 cm³/mol. The Morgan fingerprint density at radius 3 is 2.67 bits per heavy atom. The van der Waals surface area contributed by atoms with Gasteiger partial charge in [-0.15, -0.1) is 0 Å². The van der Waals surface area contributed by atoms with E-state index in [0.29, 0.717) is 18.0 Å². The van der Waals surface area contributed by atoms with E-state index >= 15 is 0 Å². The van der Waals surface area contributed by atoms with Crippen molar-refractivity contribution in [2.24, 2.45) is 5.92 Å². The lowest BCUT2D eigenvalue weighted by atomic mass is 10.1. The lowest BCUT2D eigenvalue weighted by Crippen LogP contribution is -2.30. The highest BCUT2D eigenvalue weighted by Crippen LogP contribution is 2.10. The Morgan fingerprint density at radius 2 is 2.22 bits per heavy atom. The van der Waals surface area contributed by atoms with Gasteiger partial charge in [-0.2, -0.15) is 0 Å². The summed E-state index contributed by atoms with van der Waals surface area (Å²) in [5.74, 6) is 1.23. The standard InChI is InChI=1S/C7H13O2/c1-5-4-8-7(3)9-6(5)2/h5-6H,4H2,1-3H3/q+1. The second-order valence-corrected chi connectivity index (χ2v) is 2.60. The number of hydrogen-bond donors (Lipinski definition) is 0. The van der Waals surface area contributed by atoms with Gasteiger partial charge in [0.1, 0.15) is 0 Å². The molecule has 1 rings (SSSR count). The monoisotopic (exact) mass is 129 g/mol. The maximum Gasteiger partial charge on any atom is 0.481 e. The Hall–Kier alpha value is -0.530. The van der Waals surface area contributed by atoms with Crippen LogP contribution in [-0.4, -0.2) is 18.7 Å². The zero-order chi connectivity index (χ0) is 6.85. The Bertz CT molecular complexity index is 129. The van der Waals surface area contributed by atoms with Gasteiger partial charge in [0.15, 0.2) is 12.7 Å². The molecule has 1 aliphatic heterocycles. The molecule has 0 fully saturated rings. The molecule has 0 saturated carbocycles. The summed E-state index contributed by atoms with van der Waals surface area (Å²) in [5.41, 5.74) is 0. The van der Waals surface area contributed by atoms with Gasteiger partial charge in [-0.3, -0.25) is 0 Å². The molecule has 0 aromatic heterocycles. The Kier molecular flexibility index (Phi) is 1.74. The first-order chi connectivity index (χ1) is 4.20. The molecule has 0 radical (unpaired) electrons. The third kappa shape index (κ3) is 1.44. The van der Waals surface area contributed by atoms with E-state index in [9.17, 15) is 0 Å². The summed E-state index contributed by atoms with van der Waals surface area (Å²) in [6, 6.07) is 0. The summed E-state index contributed by atoms with van der Waals surface area (Å²) in [7, 11) is 0. The molecule has 0 aromatic carbocycles. The van der Waals surface area contributed by atoms with E-state index in [4.69, 9.17) is 9.16 Å². The summed E-state index contributed by atoms with van der Waals surface area (Å²) >= 11 is 0. The van der Waals surface area contributed by atoms with Crippen LogP contribution in [0.3, 0.4) is 0 Å². The molecule has 0 saturated heterocycles. The van der Waals surface area contributed by atoms with Gasteiger partial charge in [0.2, 0.25) is 0 Å². The van der Waals surface area contributed by atoms with Crippen LogP contribution < -0.4 is 0 Å². The van der Waals surface area contributed by atoms with Crippen LogP contribution >= 0.6 is 0 Å². The summed E-state index contributed by atoms with van der Waals surface area (Å²) in [6.07, 6.45) is 0.318. The molecule has 52 valence electrons. The highest BCUT2D eigenvalue weighted by Gasteiger charge is 2.28. The van der Waals surface area contributed by atoms with E-state index in [1.165, 1.54) is 0 Å². The van der Waals surface area contributed by atoms with Crippen LogP contribution in [0.2, 0.25) is 0 Å². The zero-order valence-electron chi connectivity index (χ0n) is 6.18. The third-order valence-corrected chi connectivity index (χ3v) is 1.70. The van der Waals surface area contributed by atoms with E-state index in [1.807, 2.05) is 6.92 Å². The second-order valence-electron chi connectivity index (χ2n) is 2.60. The third-order valence-electron chi connectivity index (χ3n) is 1.70. The maximum atomic E-state index is 5.29. The summed E-state index contributed by atoms with van der Waals surface area (Å²) in [5, 5.41) is 0. The minimum atomic E-state index is 0.318. The molecule has 2 heteroatoms. The van der Waals surface area contributed by atoms with Gasteiger partial charge in [0, 0.05) is 0 Å². The van der Waals surface area contributed by atoms with Crippen molar-refractivity contribution in [3.05, 3.63) is 0 Å². The van der Waals surface area contributed by atoms with Crippen molar-refractivity contribution in [1.82, 2.24) is 0 Å². The normalized spacial score (nSPS) is 35.2. The van der Waals surface area contributed by atoms with E-state index < -0.39 is 0 Å². The second kappa shape index (κ2) is 2.38. The molecular weight excluding hydrogens is 116 g/mol. The first-order valence-corrected chi connectivity index (χ1v) is 3.33. The number of ether oxygens (including phenoxy) is 1. The first-order valence-electron chi connectivity index (χ1n) is 3.33. The van der Waals surface area contributed by atoms with Gasteiger partial charge in [-0.1, -0.05) is 6.92 Å². The van der Waals surface area contributed by atoms with E-state index in [0.717, 1.165) is 6.61 Å². The fourth-order valence-electron chi connectivity index (χ4n) is 0.796. The van der Waals surface area contributed by atoms with Crippen LogP contribution in [0.1, 0.15) is 20.8 Å². The van der Waals surface area contributed by atoms with Crippen LogP contribution in [0.15, 0.2) is 0 Å². The Labute approximate surface area is 55.5 Å². The molecule has 0 spiro atoms. The van der Waals surface area contributed by atoms with Gasteiger partial charge >= 0.3 is 5.97 Å². The van der Waals surface area contributed by atoms with Gasteiger partial charge < -0.3 is 9.16 Å². The molecule has 9 heavy (non-hydrogen) atoms. The fourth-order valence-corrected chi connectivity index (χ4v) is 0.796. The van der Waals surface area contributed by atoms with Crippen LogP contribution in [-0.2, 0) is 9.16 Å². The minimum Gasteiger partial charge on any atom is -0.322 e. The minimum absolute atomic E-state index is 0.318. The van der Waals surface area contributed by atoms with Crippen LogP contribution in [0.4, 0.5) is 0 Å². The Balaban J connectivity index is 2.54. The first kappa shape index (κ1) is 6.59. The Morgan fingerprint density at radius 1 is 1.56 bits per heavy atom. The van der Waals surface area contributed by atoms with Crippen molar-refractivity contribution in [2.75, 3.05) is 6.61 Å². The van der Waals surface area contributed by atoms with Crippen molar-refractivity contribution in [3.63, 3.8) is 0 Å². The summed E-state index contributed by atoms with van der Waals surface area (Å²) in [6.45, 7) is 6.84. The smallest absolute Gasteiger partial charge is 0.322 e. The highest BCUT2D eigenvalue weighted by atomic mass is 16.6. The average molecular weight is 129 g/mol. The molecule has 0 aromatic rings. The van der Waals surface area contributed by atoms with Crippen molar-refractivity contribution >= 4 is 5.97 Å². The quantitative estimate of drug-likeness (QED) is 0.354. The average Bonchev–Trinajstić information content (AvgIpc) is 1.80. The van der Waals surface area contributed by atoms with Crippen LogP contribution in [0.25, 0.3) is 0 Å². The SMILES string of the molecule is CC1=[O+]CC(C)C(C)O1. The van der Waals surface area contributed by atoms with Crippen LogP contribution in [0, 0.1) is 5.92 Å². The van der Waals surface area contributed by atoms with E-state index in [-0.39, 0.29) is 0 Å². The van der Waals surface area contributed by atoms with Crippen molar-refractivity contribution < 1.29 is 9.16 Å². The molecule has 0 aliphatic carbocycles. The molecule has 2 atom stereocenters. The molecular formula is C7H13O2+. The van der Waals surface area contributed by atoms with E-state index in [1.54, 1.807) is 0 Å². The topological polar surface area (TPSA) is 20.5 Å². The highest BCUT2D eigenvalue weighted by molar-refractivity contribution is 5.67. The summed E-state index contributed by atoms with van der Waals surface area (Å²) in [4.78, 5) is 0. The molecule has 1 heterocycles. The van der Waals surface area contributed by atoms with Crippen molar-refractivity contribution in [1.29, 1.82) is 0 Å². The van der Waals surface area contributed by atoms with E-state index in [2.05, 4.69) is 13.8 Å². The predicted octanol–water partition coefficient (Wildman–Crippen LogP) is 1.12. The molecule has 0 bridgehead atoms. The number of cyclic esters (lactones) is 1. The maximum absolute atomic E-state index is 5.29. The lowest BCUT2D eigenvalue weighted by molar-refractivity contribution is -0.491. The number of esters is 1. The number of rotatable bonds is 0. The largest absolute Gasteiger partial charge is 0.481 e. The van der Waals surface area contributed by atoms with Gasteiger partial charge in [0.05, 0.1) is 12.8 Å². The van der Waals surface area contributed by atoms with Crippen molar-refractivity contribution in [3.8, 4) is 0 Å². The zero-order valence-corrected chi connectivity index (χ0v) is 6.18. The molecule has 0 amide bonds. The van der Waals surface area contributed by atoms with Crippen LogP contribution in [0.5, 0.6) is 0 Å². The lowest BCUT2D eigenvalue weighted by Gasteiger charge is -2.13. The number of carbonyl (C=O) groups excluding carboxylic acids is 1. The molecule has 0 N–H and O–H groups in total.